The Hall–Kier alpha value is 0.310. The van der Waals surface area contributed by atoms with Gasteiger partial charge in [0.2, 0.25) is 0 Å². The van der Waals surface area contributed by atoms with Gasteiger partial charge in [0.15, 0.2) is 0 Å². The normalized spacial score (nSPS) is 13.9. The summed E-state index contributed by atoms with van der Waals surface area (Å²) < 4.78 is 3.22. The van der Waals surface area contributed by atoms with Crippen LogP contribution in [0.4, 0.5) is 0 Å². The molecule has 1 nitrogen and oxygen atoms in total. The summed E-state index contributed by atoms with van der Waals surface area (Å²) in [6.45, 7) is 7.62. The molecule has 0 bridgehead atoms. The second-order valence-electron chi connectivity index (χ2n) is 1.83. The van der Waals surface area contributed by atoms with Crippen molar-refractivity contribution in [1.29, 1.82) is 0 Å². The first-order valence-electron chi connectivity index (χ1n) is 3.19. The van der Waals surface area contributed by atoms with Gasteiger partial charge >= 0.3 is 0 Å². The number of rotatable bonds is 4. The third-order valence-corrected chi connectivity index (χ3v) is 2.19. The zero-order valence-electron chi connectivity index (χ0n) is 5.90. The van der Waals surface area contributed by atoms with Crippen LogP contribution in [0.1, 0.15) is 27.2 Å². The Bertz CT molecular complexity index is 47.8. The van der Waals surface area contributed by atoms with Crippen molar-refractivity contribution < 1.29 is 0 Å². The smallest absolute Gasteiger partial charge is 0.0162 e. The number of hydrogen-bond acceptors (Lipinski definition) is 2. The molecule has 8 heavy (non-hydrogen) atoms. The van der Waals surface area contributed by atoms with Crippen LogP contribution >= 0.6 is 11.9 Å². The van der Waals surface area contributed by atoms with E-state index in [2.05, 4.69) is 25.5 Å². The summed E-state index contributed by atoms with van der Waals surface area (Å²) in [7, 11) is 0. The molecule has 0 aromatic rings. The lowest BCUT2D eigenvalue weighted by Gasteiger charge is -2.05. The average molecular weight is 133 g/mol. The minimum atomic E-state index is 0.759. The molecule has 0 heterocycles. The van der Waals surface area contributed by atoms with E-state index in [4.69, 9.17) is 0 Å². The molecule has 0 aromatic heterocycles. The van der Waals surface area contributed by atoms with Crippen LogP contribution in [0.2, 0.25) is 0 Å². The van der Waals surface area contributed by atoms with Gasteiger partial charge in [0.25, 0.3) is 0 Å². The Morgan fingerprint density at radius 1 is 1.50 bits per heavy atom. The molecule has 0 aliphatic carbocycles. The van der Waals surface area contributed by atoms with Crippen molar-refractivity contribution in [1.82, 2.24) is 4.72 Å². The van der Waals surface area contributed by atoms with Gasteiger partial charge in [0.05, 0.1) is 0 Å². The van der Waals surface area contributed by atoms with Crippen LogP contribution in [0.5, 0.6) is 0 Å². The Balaban J connectivity index is 2.86. The topological polar surface area (TPSA) is 12.0 Å². The molecule has 0 aliphatic heterocycles. The summed E-state index contributed by atoms with van der Waals surface area (Å²) in [5.41, 5.74) is 0. The molecular formula is C6H15NS. The standard InChI is InChI=1S/C6H15NS/c1-4-6(3)8-7-5-2/h6-7H,4-5H2,1-3H3. The molecule has 0 saturated carbocycles. The second kappa shape index (κ2) is 5.45. The fourth-order valence-corrected chi connectivity index (χ4v) is 0.927. The van der Waals surface area contributed by atoms with E-state index in [-0.39, 0.29) is 0 Å². The minimum absolute atomic E-state index is 0.759. The monoisotopic (exact) mass is 133 g/mol. The van der Waals surface area contributed by atoms with Gasteiger partial charge in [-0.1, -0.05) is 32.7 Å². The first-order valence-corrected chi connectivity index (χ1v) is 4.07. The van der Waals surface area contributed by atoms with E-state index in [1.807, 2.05) is 11.9 Å². The third-order valence-electron chi connectivity index (χ3n) is 1.00. The molecule has 0 aromatic carbocycles. The highest BCUT2D eigenvalue weighted by atomic mass is 32.2. The summed E-state index contributed by atoms with van der Waals surface area (Å²) >= 11 is 1.83. The van der Waals surface area contributed by atoms with Gasteiger partial charge in [-0.2, -0.15) is 0 Å². The molecule has 1 atom stereocenters. The predicted molar refractivity (Wildman–Crippen MR) is 41.0 cm³/mol. The summed E-state index contributed by atoms with van der Waals surface area (Å²) in [5.74, 6) is 0. The van der Waals surface area contributed by atoms with E-state index in [1.54, 1.807) is 0 Å². The molecule has 0 saturated heterocycles. The van der Waals surface area contributed by atoms with Gasteiger partial charge in [0, 0.05) is 11.8 Å². The Morgan fingerprint density at radius 2 is 2.12 bits per heavy atom. The lowest BCUT2D eigenvalue weighted by atomic mass is 10.4. The minimum Gasteiger partial charge on any atom is -0.264 e. The van der Waals surface area contributed by atoms with Gasteiger partial charge in [-0.25, -0.2) is 0 Å². The Labute approximate surface area is 56.4 Å². The van der Waals surface area contributed by atoms with Crippen molar-refractivity contribution in [2.24, 2.45) is 0 Å². The largest absolute Gasteiger partial charge is 0.264 e. The lowest BCUT2D eigenvalue weighted by molar-refractivity contribution is 0.890. The SMILES string of the molecule is CCNSC(C)CC. The lowest BCUT2D eigenvalue weighted by Crippen LogP contribution is -2.07. The maximum Gasteiger partial charge on any atom is 0.0162 e. The van der Waals surface area contributed by atoms with Crippen molar-refractivity contribution in [3.8, 4) is 0 Å². The van der Waals surface area contributed by atoms with Crippen molar-refractivity contribution >= 4 is 11.9 Å². The molecule has 0 amide bonds. The number of nitrogens with one attached hydrogen (secondary N) is 1. The van der Waals surface area contributed by atoms with E-state index in [9.17, 15) is 0 Å². The van der Waals surface area contributed by atoms with Crippen molar-refractivity contribution in [2.45, 2.75) is 32.4 Å². The first-order chi connectivity index (χ1) is 3.81. The van der Waals surface area contributed by atoms with Crippen LogP contribution in [0.3, 0.4) is 0 Å². The molecule has 2 heteroatoms. The zero-order valence-corrected chi connectivity index (χ0v) is 6.72. The quantitative estimate of drug-likeness (QED) is 0.589. The second-order valence-corrected chi connectivity index (χ2v) is 3.16. The van der Waals surface area contributed by atoms with Gasteiger partial charge in [-0.3, -0.25) is 4.72 Å². The Kier molecular flexibility index (Phi) is 5.66. The zero-order chi connectivity index (χ0) is 6.41. The van der Waals surface area contributed by atoms with Crippen molar-refractivity contribution in [2.75, 3.05) is 6.54 Å². The van der Waals surface area contributed by atoms with Gasteiger partial charge in [-0.05, 0) is 6.42 Å². The van der Waals surface area contributed by atoms with E-state index in [0.717, 1.165) is 11.8 Å². The van der Waals surface area contributed by atoms with E-state index < -0.39 is 0 Å². The molecule has 0 aliphatic rings. The predicted octanol–water partition coefficient (Wildman–Crippen LogP) is 2.04. The molecule has 1 unspecified atom stereocenters. The van der Waals surface area contributed by atoms with Crippen LogP contribution in [0.25, 0.3) is 0 Å². The highest BCUT2D eigenvalue weighted by molar-refractivity contribution is 7.98. The van der Waals surface area contributed by atoms with E-state index in [0.29, 0.717) is 0 Å². The maximum atomic E-state index is 3.22. The molecule has 0 fully saturated rings. The molecule has 0 radical (unpaired) electrons. The maximum absolute atomic E-state index is 3.22. The van der Waals surface area contributed by atoms with Gasteiger partial charge in [0.1, 0.15) is 0 Å². The van der Waals surface area contributed by atoms with Gasteiger partial charge < -0.3 is 0 Å². The molecule has 0 rings (SSSR count). The molecular weight excluding hydrogens is 118 g/mol. The van der Waals surface area contributed by atoms with Crippen LogP contribution in [-0.2, 0) is 0 Å². The Morgan fingerprint density at radius 3 is 2.50 bits per heavy atom. The van der Waals surface area contributed by atoms with E-state index in [1.165, 1.54) is 6.42 Å². The van der Waals surface area contributed by atoms with E-state index >= 15 is 0 Å². The van der Waals surface area contributed by atoms with Crippen LogP contribution in [-0.4, -0.2) is 11.8 Å². The number of hydrogen-bond donors (Lipinski definition) is 1. The van der Waals surface area contributed by atoms with Crippen LogP contribution < -0.4 is 4.72 Å². The van der Waals surface area contributed by atoms with Crippen molar-refractivity contribution in [3.05, 3.63) is 0 Å². The molecule has 0 spiro atoms. The highest BCUT2D eigenvalue weighted by Crippen LogP contribution is 2.07. The fraction of sp³-hybridized carbons (Fsp3) is 1.00. The molecule has 50 valence electrons. The van der Waals surface area contributed by atoms with Crippen LogP contribution in [0, 0.1) is 0 Å². The van der Waals surface area contributed by atoms with Crippen LogP contribution in [0.15, 0.2) is 0 Å². The summed E-state index contributed by atoms with van der Waals surface area (Å²) in [4.78, 5) is 0. The summed E-state index contributed by atoms with van der Waals surface area (Å²) in [5, 5.41) is 0.759. The fourth-order valence-electron chi connectivity index (χ4n) is 0.309. The van der Waals surface area contributed by atoms with Crippen molar-refractivity contribution in [3.63, 3.8) is 0 Å². The first kappa shape index (κ1) is 8.31. The summed E-state index contributed by atoms with van der Waals surface area (Å²) in [6.07, 6.45) is 1.25. The average Bonchev–Trinajstić information content (AvgIpc) is 1.83. The third kappa shape index (κ3) is 4.47. The summed E-state index contributed by atoms with van der Waals surface area (Å²) in [6, 6.07) is 0. The highest BCUT2D eigenvalue weighted by Gasteiger charge is 1.94. The van der Waals surface area contributed by atoms with Gasteiger partial charge in [-0.15, -0.1) is 0 Å². The molecule has 1 N–H and O–H groups in total.